The molecule has 1 heterocycles. The number of hydrogen-bond acceptors (Lipinski definition) is 4. The van der Waals surface area contributed by atoms with Crippen molar-refractivity contribution in [1.29, 1.82) is 0 Å². The van der Waals surface area contributed by atoms with Crippen LogP contribution >= 0.6 is 11.6 Å². The van der Waals surface area contributed by atoms with Crippen molar-refractivity contribution in [2.45, 2.75) is 37.8 Å². The van der Waals surface area contributed by atoms with Crippen LogP contribution in [0.5, 0.6) is 5.88 Å². The van der Waals surface area contributed by atoms with E-state index in [1.54, 1.807) is 12.1 Å². The Balaban J connectivity index is 1.98. The highest BCUT2D eigenvalue weighted by Gasteiger charge is 2.23. The Labute approximate surface area is 93.8 Å². The SMILES string of the molecule is NC1CCCCC1Oc1ccc(Cl)nn1. The van der Waals surface area contributed by atoms with Gasteiger partial charge in [0, 0.05) is 12.1 Å². The molecule has 1 aliphatic carbocycles. The number of halogens is 1. The molecule has 2 atom stereocenters. The van der Waals surface area contributed by atoms with E-state index < -0.39 is 0 Å². The van der Waals surface area contributed by atoms with E-state index in [0.29, 0.717) is 11.0 Å². The van der Waals surface area contributed by atoms with E-state index in [-0.39, 0.29) is 12.1 Å². The van der Waals surface area contributed by atoms with Gasteiger partial charge in [0.05, 0.1) is 0 Å². The summed E-state index contributed by atoms with van der Waals surface area (Å²) < 4.78 is 5.67. The summed E-state index contributed by atoms with van der Waals surface area (Å²) in [6, 6.07) is 3.49. The maximum absolute atomic E-state index is 5.96. The molecule has 0 amide bonds. The Morgan fingerprint density at radius 1 is 1.27 bits per heavy atom. The lowest BCUT2D eigenvalue weighted by molar-refractivity contribution is 0.125. The lowest BCUT2D eigenvalue weighted by Gasteiger charge is -2.28. The van der Waals surface area contributed by atoms with Crippen LogP contribution in [0, 0.1) is 0 Å². The van der Waals surface area contributed by atoms with E-state index in [4.69, 9.17) is 22.1 Å². The first-order valence-electron chi connectivity index (χ1n) is 5.17. The van der Waals surface area contributed by atoms with Crippen molar-refractivity contribution in [1.82, 2.24) is 10.2 Å². The number of rotatable bonds is 2. The molecule has 0 aromatic carbocycles. The van der Waals surface area contributed by atoms with Crippen LogP contribution in [0.15, 0.2) is 12.1 Å². The normalized spacial score (nSPS) is 26.3. The molecule has 1 saturated carbocycles. The second kappa shape index (κ2) is 4.77. The topological polar surface area (TPSA) is 61.0 Å². The number of nitrogens with two attached hydrogens (primary N) is 1. The van der Waals surface area contributed by atoms with Gasteiger partial charge in [-0.1, -0.05) is 18.0 Å². The molecule has 15 heavy (non-hydrogen) atoms. The molecule has 2 N–H and O–H groups in total. The van der Waals surface area contributed by atoms with Crippen molar-refractivity contribution in [3.8, 4) is 5.88 Å². The van der Waals surface area contributed by atoms with Crippen molar-refractivity contribution in [2.24, 2.45) is 5.73 Å². The van der Waals surface area contributed by atoms with Gasteiger partial charge in [0.25, 0.3) is 0 Å². The largest absolute Gasteiger partial charge is 0.472 e. The summed E-state index contributed by atoms with van der Waals surface area (Å²) in [5.74, 6) is 0.502. The molecule has 0 aliphatic heterocycles. The summed E-state index contributed by atoms with van der Waals surface area (Å²) in [6.45, 7) is 0. The quantitative estimate of drug-likeness (QED) is 0.837. The molecule has 1 aromatic rings. The van der Waals surface area contributed by atoms with E-state index >= 15 is 0 Å². The van der Waals surface area contributed by atoms with E-state index in [0.717, 1.165) is 12.8 Å². The first kappa shape index (κ1) is 10.6. The Kier molecular flexibility index (Phi) is 3.38. The van der Waals surface area contributed by atoms with Gasteiger partial charge >= 0.3 is 0 Å². The molecule has 0 radical (unpaired) electrons. The molecule has 5 heteroatoms. The molecular formula is C10H14ClN3O. The number of aromatic nitrogens is 2. The van der Waals surface area contributed by atoms with Gasteiger partial charge < -0.3 is 10.5 Å². The summed E-state index contributed by atoms with van der Waals surface area (Å²) in [4.78, 5) is 0. The van der Waals surface area contributed by atoms with Crippen LogP contribution in [0.4, 0.5) is 0 Å². The Morgan fingerprint density at radius 3 is 2.73 bits per heavy atom. The third-order valence-electron chi connectivity index (χ3n) is 2.63. The van der Waals surface area contributed by atoms with Crippen molar-refractivity contribution in [3.05, 3.63) is 17.3 Å². The lowest BCUT2D eigenvalue weighted by atomic mass is 9.93. The zero-order valence-electron chi connectivity index (χ0n) is 8.40. The minimum Gasteiger partial charge on any atom is -0.472 e. The summed E-state index contributed by atoms with van der Waals surface area (Å²) in [6.07, 6.45) is 4.43. The lowest BCUT2D eigenvalue weighted by Crippen LogP contribution is -2.41. The van der Waals surface area contributed by atoms with Crippen LogP contribution in [0.25, 0.3) is 0 Å². The smallest absolute Gasteiger partial charge is 0.233 e. The minimum atomic E-state index is 0.0641. The second-order valence-electron chi connectivity index (χ2n) is 3.80. The Bertz CT molecular complexity index is 317. The van der Waals surface area contributed by atoms with Crippen molar-refractivity contribution < 1.29 is 4.74 Å². The fourth-order valence-corrected chi connectivity index (χ4v) is 1.89. The van der Waals surface area contributed by atoms with Gasteiger partial charge in [0.1, 0.15) is 6.10 Å². The molecule has 1 fully saturated rings. The molecule has 1 aliphatic rings. The maximum atomic E-state index is 5.96. The van der Waals surface area contributed by atoms with E-state index in [9.17, 15) is 0 Å². The maximum Gasteiger partial charge on any atom is 0.233 e. The van der Waals surface area contributed by atoms with Gasteiger partial charge in [-0.05, 0) is 25.3 Å². The Morgan fingerprint density at radius 2 is 2.07 bits per heavy atom. The molecule has 2 rings (SSSR count). The predicted molar refractivity (Wildman–Crippen MR) is 57.9 cm³/mol. The molecule has 82 valence electrons. The molecule has 0 saturated heterocycles. The van der Waals surface area contributed by atoms with Gasteiger partial charge in [0.15, 0.2) is 5.15 Å². The molecule has 0 bridgehead atoms. The standard InChI is InChI=1S/C10H14ClN3O/c11-9-5-6-10(14-13-9)15-8-4-2-1-3-7(8)12/h5-8H,1-4,12H2. The minimum absolute atomic E-state index is 0.0641. The fourth-order valence-electron chi connectivity index (χ4n) is 1.79. The van der Waals surface area contributed by atoms with Crippen molar-refractivity contribution in [2.75, 3.05) is 0 Å². The molecule has 4 nitrogen and oxygen atoms in total. The van der Waals surface area contributed by atoms with Gasteiger partial charge in [-0.15, -0.1) is 10.2 Å². The van der Waals surface area contributed by atoms with Crippen LogP contribution in [0.2, 0.25) is 5.15 Å². The van der Waals surface area contributed by atoms with Gasteiger partial charge in [0.2, 0.25) is 5.88 Å². The number of ether oxygens (including phenoxy) is 1. The summed E-state index contributed by atoms with van der Waals surface area (Å²) in [5.41, 5.74) is 5.96. The van der Waals surface area contributed by atoms with Gasteiger partial charge in [-0.25, -0.2) is 0 Å². The highest BCUT2D eigenvalue weighted by molar-refractivity contribution is 6.29. The third-order valence-corrected chi connectivity index (χ3v) is 2.83. The fraction of sp³-hybridized carbons (Fsp3) is 0.600. The average Bonchev–Trinajstić information content (AvgIpc) is 2.25. The third kappa shape index (κ3) is 2.79. The van der Waals surface area contributed by atoms with Crippen molar-refractivity contribution in [3.63, 3.8) is 0 Å². The van der Waals surface area contributed by atoms with Crippen LogP contribution in [0.3, 0.4) is 0 Å². The summed E-state index contributed by atoms with van der Waals surface area (Å²) in [7, 11) is 0. The van der Waals surface area contributed by atoms with E-state index in [1.807, 2.05) is 0 Å². The first-order valence-corrected chi connectivity index (χ1v) is 5.55. The van der Waals surface area contributed by atoms with Crippen LogP contribution < -0.4 is 10.5 Å². The highest BCUT2D eigenvalue weighted by Crippen LogP contribution is 2.21. The summed E-state index contributed by atoms with van der Waals surface area (Å²) in [5, 5.41) is 7.94. The summed E-state index contributed by atoms with van der Waals surface area (Å²) >= 11 is 5.63. The van der Waals surface area contributed by atoms with E-state index in [1.165, 1.54) is 12.8 Å². The van der Waals surface area contributed by atoms with Crippen molar-refractivity contribution >= 4 is 11.6 Å². The average molecular weight is 228 g/mol. The zero-order valence-corrected chi connectivity index (χ0v) is 9.15. The predicted octanol–water partition coefficient (Wildman–Crippen LogP) is 1.78. The highest BCUT2D eigenvalue weighted by atomic mass is 35.5. The van der Waals surface area contributed by atoms with E-state index in [2.05, 4.69) is 10.2 Å². The Hall–Kier alpha value is -0.870. The molecule has 1 aromatic heterocycles. The van der Waals surface area contributed by atoms with Crippen LogP contribution in [-0.2, 0) is 0 Å². The zero-order chi connectivity index (χ0) is 10.7. The number of nitrogens with zero attached hydrogens (tertiary/aromatic N) is 2. The first-order chi connectivity index (χ1) is 7.25. The van der Waals surface area contributed by atoms with Gasteiger partial charge in [-0.3, -0.25) is 0 Å². The number of hydrogen-bond donors (Lipinski definition) is 1. The van der Waals surface area contributed by atoms with Gasteiger partial charge in [-0.2, -0.15) is 0 Å². The molecular weight excluding hydrogens is 214 g/mol. The second-order valence-corrected chi connectivity index (χ2v) is 4.19. The van der Waals surface area contributed by atoms with Crippen LogP contribution in [-0.4, -0.2) is 22.3 Å². The monoisotopic (exact) mass is 227 g/mol. The molecule has 2 unspecified atom stereocenters. The molecule has 0 spiro atoms. The van der Waals surface area contributed by atoms with Crippen LogP contribution in [0.1, 0.15) is 25.7 Å².